The fraction of sp³-hybridized carbons (Fsp3) is 0.300. The fourth-order valence-electron chi connectivity index (χ4n) is 1.36. The Hall–Kier alpha value is -2.51. The molecule has 0 unspecified atom stereocenters. The van der Waals surface area contributed by atoms with Crippen molar-refractivity contribution < 1.29 is 9.53 Å². The summed E-state index contributed by atoms with van der Waals surface area (Å²) in [5, 5.41) is 10.0. The Morgan fingerprint density at radius 1 is 1.50 bits per heavy atom. The fourth-order valence-corrected chi connectivity index (χ4v) is 1.36. The Kier molecular flexibility index (Phi) is 3.18. The number of rotatable bonds is 3. The number of aromatic nitrogens is 5. The number of carbonyl (C=O) groups is 1. The minimum atomic E-state index is -0.594. The summed E-state index contributed by atoms with van der Waals surface area (Å²) in [5.74, 6) is -0.263. The van der Waals surface area contributed by atoms with E-state index in [1.807, 2.05) is 0 Å². The topological polar surface area (TPSA) is 103 Å². The van der Waals surface area contributed by atoms with Crippen molar-refractivity contribution >= 4 is 5.97 Å². The van der Waals surface area contributed by atoms with E-state index >= 15 is 0 Å². The summed E-state index contributed by atoms with van der Waals surface area (Å²) < 4.78 is 6.19. The molecule has 0 aromatic carbocycles. The third-order valence-corrected chi connectivity index (χ3v) is 2.13. The highest BCUT2D eigenvalue weighted by Crippen LogP contribution is 2.11. The van der Waals surface area contributed by atoms with Crippen LogP contribution in [-0.4, -0.2) is 37.5 Å². The Labute approximate surface area is 102 Å². The molecule has 18 heavy (non-hydrogen) atoms. The first-order valence-electron chi connectivity index (χ1n) is 5.26. The third kappa shape index (κ3) is 2.26. The molecule has 0 radical (unpaired) electrons. The highest BCUT2D eigenvalue weighted by atomic mass is 16.5. The van der Waals surface area contributed by atoms with Crippen LogP contribution >= 0.6 is 0 Å². The molecule has 0 aliphatic rings. The number of nitrogens with one attached hydrogen (secondary N) is 1. The van der Waals surface area contributed by atoms with E-state index in [9.17, 15) is 9.59 Å². The molecule has 2 aromatic heterocycles. The van der Waals surface area contributed by atoms with E-state index in [0.717, 1.165) is 0 Å². The van der Waals surface area contributed by atoms with Gasteiger partial charge in [0, 0.05) is 13.1 Å². The van der Waals surface area contributed by atoms with E-state index in [2.05, 4.69) is 20.3 Å². The van der Waals surface area contributed by atoms with Crippen molar-refractivity contribution in [2.75, 3.05) is 6.61 Å². The summed E-state index contributed by atoms with van der Waals surface area (Å²) in [4.78, 5) is 26.4. The van der Waals surface area contributed by atoms with Crippen molar-refractivity contribution in [3.05, 3.63) is 28.3 Å². The molecule has 1 N–H and O–H groups in total. The number of hydrogen-bond donors (Lipinski definition) is 1. The lowest BCUT2D eigenvalue weighted by Crippen LogP contribution is -2.07. The predicted octanol–water partition coefficient (Wildman–Crippen LogP) is -0.258. The quantitative estimate of drug-likeness (QED) is 0.752. The van der Waals surface area contributed by atoms with Crippen molar-refractivity contribution in [3.8, 4) is 11.5 Å². The maximum absolute atomic E-state index is 11.5. The van der Waals surface area contributed by atoms with Crippen molar-refractivity contribution in [1.29, 1.82) is 0 Å². The van der Waals surface area contributed by atoms with E-state index in [1.54, 1.807) is 14.0 Å². The first-order valence-corrected chi connectivity index (χ1v) is 5.26. The Bertz CT molecular complexity index is 610. The van der Waals surface area contributed by atoms with Crippen LogP contribution in [0.2, 0.25) is 0 Å². The second-order valence-electron chi connectivity index (χ2n) is 3.41. The van der Waals surface area contributed by atoms with Gasteiger partial charge in [0.05, 0.1) is 6.61 Å². The molecule has 0 atom stereocenters. The average Bonchev–Trinajstić information content (AvgIpc) is 2.73. The molecular weight excluding hydrogens is 238 g/mol. The lowest BCUT2D eigenvalue weighted by Gasteiger charge is -1.96. The van der Waals surface area contributed by atoms with E-state index in [0.29, 0.717) is 11.5 Å². The van der Waals surface area contributed by atoms with Gasteiger partial charge in [-0.3, -0.25) is 4.79 Å². The molecule has 8 nitrogen and oxygen atoms in total. The van der Waals surface area contributed by atoms with Crippen LogP contribution in [0.4, 0.5) is 0 Å². The number of ether oxygens (including phenoxy) is 1. The standard InChI is InChI=1S/C10H11N5O3/c1-3-18-10(17)8-11-9(15(2)14-8)6-4-5-7(16)13-12-6/h4-5H,3H2,1-2H3,(H,13,16). The number of hydrogen-bond acceptors (Lipinski definition) is 6. The summed E-state index contributed by atoms with van der Waals surface area (Å²) in [6.07, 6.45) is 0. The molecule has 0 bridgehead atoms. The van der Waals surface area contributed by atoms with Gasteiger partial charge in [0.25, 0.3) is 11.4 Å². The van der Waals surface area contributed by atoms with Crippen LogP contribution in [0.15, 0.2) is 16.9 Å². The lowest BCUT2D eigenvalue weighted by molar-refractivity contribution is 0.0512. The minimum absolute atomic E-state index is 0.0395. The normalized spacial score (nSPS) is 10.3. The van der Waals surface area contributed by atoms with Gasteiger partial charge in [0.15, 0.2) is 5.82 Å². The van der Waals surface area contributed by atoms with Crippen molar-refractivity contribution in [2.24, 2.45) is 7.05 Å². The molecule has 0 fully saturated rings. The number of nitrogens with zero attached hydrogens (tertiary/aromatic N) is 4. The van der Waals surface area contributed by atoms with Crippen LogP contribution in [0.5, 0.6) is 0 Å². The summed E-state index contributed by atoms with van der Waals surface area (Å²) in [6.45, 7) is 1.95. The lowest BCUT2D eigenvalue weighted by atomic mass is 10.4. The predicted molar refractivity (Wildman–Crippen MR) is 60.8 cm³/mol. The molecule has 0 aliphatic carbocycles. The van der Waals surface area contributed by atoms with Crippen LogP contribution in [0.1, 0.15) is 17.5 Å². The highest BCUT2D eigenvalue weighted by molar-refractivity contribution is 5.85. The van der Waals surface area contributed by atoms with Crippen LogP contribution < -0.4 is 5.56 Å². The summed E-state index contributed by atoms with van der Waals surface area (Å²) in [6, 6.07) is 2.82. The first kappa shape index (κ1) is 12.0. The van der Waals surface area contributed by atoms with E-state index < -0.39 is 5.97 Å². The zero-order valence-electron chi connectivity index (χ0n) is 9.88. The Morgan fingerprint density at radius 3 is 2.89 bits per heavy atom. The van der Waals surface area contributed by atoms with E-state index in [1.165, 1.54) is 16.8 Å². The Balaban J connectivity index is 2.37. The highest BCUT2D eigenvalue weighted by Gasteiger charge is 2.17. The molecule has 0 spiro atoms. The Morgan fingerprint density at radius 2 is 2.28 bits per heavy atom. The second kappa shape index (κ2) is 4.78. The van der Waals surface area contributed by atoms with Crippen LogP contribution in [-0.2, 0) is 11.8 Å². The van der Waals surface area contributed by atoms with Gasteiger partial charge in [0.1, 0.15) is 5.69 Å². The molecule has 0 amide bonds. The summed E-state index contributed by atoms with van der Waals surface area (Å²) >= 11 is 0. The van der Waals surface area contributed by atoms with E-state index in [-0.39, 0.29) is 18.0 Å². The molecule has 94 valence electrons. The first-order chi connectivity index (χ1) is 8.61. The molecular formula is C10H11N5O3. The van der Waals surface area contributed by atoms with Crippen LogP contribution in [0.25, 0.3) is 11.5 Å². The van der Waals surface area contributed by atoms with Gasteiger partial charge >= 0.3 is 5.97 Å². The molecule has 0 saturated carbocycles. The number of H-pyrrole nitrogens is 1. The number of carbonyl (C=O) groups excluding carboxylic acids is 1. The minimum Gasteiger partial charge on any atom is -0.460 e. The van der Waals surface area contributed by atoms with Crippen LogP contribution in [0.3, 0.4) is 0 Å². The zero-order chi connectivity index (χ0) is 13.1. The molecule has 8 heteroatoms. The van der Waals surface area contributed by atoms with Gasteiger partial charge in [-0.1, -0.05) is 0 Å². The average molecular weight is 249 g/mol. The van der Waals surface area contributed by atoms with Gasteiger partial charge < -0.3 is 4.74 Å². The number of aromatic amines is 1. The molecule has 2 rings (SSSR count). The summed E-state index contributed by atoms with van der Waals surface area (Å²) in [7, 11) is 1.62. The van der Waals surface area contributed by atoms with Gasteiger partial charge in [-0.15, -0.1) is 5.10 Å². The molecule has 0 aliphatic heterocycles. The number of esters is 1. The second-order valence-corrected chi connectivity index (χ2v) is 3.41. The van der Waals surface area contributed by atoms with Crippen molar-refractivity contribution in [3.63, 3.8) is 0 Å². The van der Waals surface area contributed by atoms with Gasteiger partial charge in [0.2, 0.25) is 0 Å². The number of aryl methyl sites for hydroxylation is 1. The van der Waals surface area contributed by atoms with Crippen LogP contribution in [0, 0.1) is 0 Å². The maximum Gasteiger partial charge on any atom is 0.378 e. The van der Waals surface area contributed by atoms with Crippen molar-refractivity contribution in [1.82, 2.24) is 25.0 Å². The molecule has 2 aromatic rings. The molecule has 0 saturated heterocycles. The monoisotopic (exact) mass is 249 g/mol. The van der Waals surface area contributed by atoms with Gasteiger partial charge in [-0.05, 0) is 13.0 Å². The van der Waals surface area contributed by atoms with Gasteiger partial charge in [-0.25, -0.2) is 14.6 Å². The van der Waals surface area contributed by atoms with Gasteiger partial charge in [-0.2, -0.15) is 10.1 Å². The van der Waals surface area contributed by atoms with E-state index in [4.69, 9.17) is 4.74 Å². The smallest absolute Gasteiger partial charge is 0.378 e. The third-order valence-electron chi connectivity index (χ3n) is 2.13. The largest absolute Gasteiger partial charge is 0.460 e. The maximum atomic E-state index is 11.5. The molecule has 2 heterocycles. The SMILES string of the molecule is CCOC(=O)c1nc(-c2ccc(=O)[nH]n2)n(C)n1. The van der Waals surface area contributed by atoms with Crippen molar-refractivity contribution in [2.45, 2.75) is 6.92 Å². The summed E-state index contributed by atoms with van der Waals surface area (Å²) in [5.41, 5.74) is 0.103. The zero-order valence-corrected chi connectivity index (χ0v) is 9.88.